The Morgan fingerprint density at radius 1 is 1.39 bits per heavy atom. The molecule has 1 aromatic heterocycles. The van der Waals surface area contributed by atoms with Crippen LogP contribution in [0.2, 0.25) is 0 Å². The molecule has 2 rings (SSSR count). The van der Waals surface area contributed by atoms with E-state index in [-0.39, 0.29) is 11.4 Å². The quantitative estimate of drug-likeness (QED) is 0.854. The van der Waals surface area contributed by atoms with Gasteiger partial charge in [-0.2, -0.15) is 0 Å². The zero-order chi connectivity index (χ0) is 13.2. The Balaban J connectivity index is 2.06. The summed E-state index contributed by atoms with van der Waals surface area (Å²) in [4.78, 5) is 4.25. The molecule has 1 N–H and O–H groups in total. The predicted molar refractivity (Wildman–Crippen MR) is 75.3 cm³/mol. The van der Waals surface area contributed by atoms with Gasteiger partial charge in [-0.15, -0.1) is 0 Å². The maximum Gasteiger partial charge on any atom is 0.165 e. The smallest absolute Gasteiger partial charge is 0.165 e. The summed E-state index contributed by atoms with van der Waals surface area (Å²) >= 11 is 1.77. The molecular weight excluding hydrogens is 249 g/mol. The minimum Gasteiger partial charge on any atom is -0.362 e. The maximum absolute atomic E-state index is 13.7. The molecule has 18 heavy (non-hydrogen) atoms. The van der Waals surface area contributed by atoms with Crippen molar-refractivity contribution in [2.75, 3.05) is 24.7 Å². The SMILES string of the molecule is CSN1CCC(C)(Nc2nc(C)ccc2F)CC1. The summed E-state index contributed by atoms with van der Waals surface area (Å²) in [6.07, 6.45) is 4.10. The lowest BCUT2D eigenvalue weighted by Crippen LogP contribution is -2.45. The molecule has 1 aromatic rings. The molecule has 1 saturated heterocycles. The van der Waals surface area contributed by atoms with Crippen LogP contribution in [-0.2, 0) is 0 Å². The molecule has 0 radical (unpaired) electrons. The monoisotopic (exact) mass is 269 g/mol. The minimum atomic E-state index is -0.269. The van der Waals surface area contributed by atoms with Crippen molar-refractivity contribution >= 4 is 17.8 Å². The van der Waals surface area contributed by atoms with Crippen LogP contribution < -0.4 is 5.32 Å². The highest BCUT2D eigenvalue weighted by molar-refractivity contribution is 7.96. The second-order valence-electron chi connectivity index (χ2n) is 5.08. The number of nitrogens with one attached hydrogen (secondary N) is 1. The highest BCUT2D eigenvalue weighted by atomic mass is 32.2. The molecule has 3 nitrogen and oxygen atoms in total. The van der Waals surface area contributed by atoms with Crippen molar-refractivity contribution in [1.82, 2.24) is 9.29 Å². The topological polar surface area (TPSA) is 28.2 Å². The van der Waals surface area contributed by atoms with Crippen LogP contribution in [0.25, 0.3) is 0 Å². The van der Waals surface area contributed by atoms with E-state index in [0.717, 1.165) is 31.6 Å². The van der Waals surface area contributed by atoms with Crippen LogP contribution in [-0.4, -0.2) is 34.2 Å². The summed E-state index contributed by atoms with van der Waals surface area (Å²) in [5.74, 6) is 0.115. The number of anilines is 1. The van der Waals surface area contributed by atoms with Crippen LogP contribution in [0.5, 0.6) is 0 Å². The van der Waals surface area contributed by atoms with Gasteiger partial charge in [0, 0.05) is 24.3 Å². The van der Waals surface area contributed by atoms with E-state index in [4.69, 9.17) is 0 Å². The number of hydrogen-bond acceptors (Lipinski definition) is 4. The van der Waals surface area contributed by atoms with E-state index < -0.39 is 0 Å². The van der Waals surface area contributed by atoms with E-state index in [1.165, 1.54) is 6.07 Å². The molecule has 0 unspecified atom stereocenters. The first-order chi connectivity index (χ1) is 8.52. The van der Waals surface area contributed by atoms with Crippen LogP contribution >= 0.6 is 11.9 Å². The van der Waals surface area contributed by atoms with Gasteiger partial charge in [0.1, 0.15) is 0 Å². The summed E-state index contributed by atoms with van der Waals surface area (Å²) in [7, 11) is 0. The van der Waals surface area contributed by atoms with Gasteiger partial charge in [-0.1, -0.05) is 11.9 Å². The number of aromatic nitrogens is 1. The number of piperidine rings is 1. The van der Waals surface area contributed by atoms with Crippen LogP contribution in [0.15, 0.2) is 12.1 Å². The molecule has 0 bridgehead atoms. The number of aryl methyl sites for hydroxylation is 1. The van der Waals surface area contributed by atoms with E-state index in [2.05, 4.69) is 27.8 Å². The van der Waals surface area contributed by atoms with Crippen LogP contribution in [0.3, 0.4) is 0 Å². The molecular formula is C13H20FN3S. The van der Waals surface area contributed by atoms with Crippen molar-refractivity contribution in [3.05, 3.63) is 23.6 Å². The zero-order valence-corrected chi connectivity index (χ0v) is 12.0. The Labute approximate surface area is 112 Å². The van der Waals surface area contributed by atoms with Crippen molar-refractivity contribution in [1.29, 1.82) is 0 Å². The minimum absolute atomic E-state index is 0.0616. The molecule has 0 spiro atoms. The Kier molecular flexibility index (Phi) is 4.12. The van der Waals surface area contributed by atoms with Crippen molar-refractivity contribution in [3.8, 4) is 0 Å². The van der Waals surface area contributed by atoms with Crippen molar-refractivity contribution < 1.29 is 4.39 Å². The summed E-state index contributed by atoms with van der Waals surface area (Å²) in [6, 6.07) is 3.17. The van der Waals surface area contributed by atoms with Crippen LogP contribution in [0, 0.1) is 12.7 Å². The number of rotatable bonds is 3. The molecule has 0 amide bonds. The fourth-order valence-electron chi connectivity index (χ4n) is 2.20. The molecule has 0 aromatic carbocycles. The van der Waals surface area contributed by atoms with Gasteiger partial charge in [-0.05, 0) is 45.1 Å². The average Bonchev–Trinajstić information content (AvgIpc) is 2.35. The fraction of sp³-hybridized carbons (Fsp3) is 0.615. The molecule has 0 aliphatic carbocycles. The van der Waals surface area contributed by atoms with E-state index in [0.29, 0.717) is 5.82 Å². The number of hydrogen-bond donors (Lipinski definition) is 1. The van der Waals surface area contributed by atoms with E-state index in [9.17, 15) is 4.39 Å². The molecule has 1 aliphatic rings. The van der Waals surface area contributed by atoms with E-state index >= 15 is 0 Å². The summed E-state index contributed by atoms with van der Waals surface area (Å²) in [5, 5.41) is 3.29. The van der Waals surface area contributed by atoms with Gasteiger partial charge < -0.3 is 5.32 Å². The summed E-state index contributed by atoms with van der Waals surface area (Å²) in [5.41, 5.74) is 0.775. The normalized spacial score (nSPS) is 19.8. The third-order valence-corrected chi connectivity index (χ3v) is 4.37. The first-order valence-corrected chi connectivity index (χ1v) is 7.41. The van der Waals surface area contributed by atoms with Crippen LogP contribution in [0.4, 0.5) is 10.2 Å². The molecule has 1 fully saturated rings. The van der Waals surface area contributed by atoms with Gasteiger partial charge >= 0.3 is 0 Å². The van der Waals surface area contributed by atoms with Gasteiger partial charge in [0.05, 0.1) is 0 Å². The number of pyridine rings is 1. The zero-order valence-electron chi connectivity index (χ0n) is 11.2. The summed E-state index contributed by atoms with van der Waals surface area (Å²) < 4.78 is 16.0. The Hall–Kier alpha value is -0.810. The molecule has 2 heterocycles. The lowest BCUT2D eigenvalue weighted by atomic mass is 9.90. The highest BCUT2D eigenvalue weighted by Gasteiger charge is 2.30. The second-order valence-corrected chi connectivity index (χ2v) is 5.96. The molecule has 0 saturated carbocycles. The van der Waals surface area contributed by atoms with Crippen LogP contribution in [0.1, 0.15) is 25.5 Å². The van der Waals surface area contributed by atoms with Crippen molar-refractivity contribution in [2.45, 2.75) is 32.2 Å². The number of halogens is 1. The van der Waals surface area contributed by atoms with Gasteiger partial charge in [-0.25, -0.2) is 9.37 Å². The fourth-order valence-corrected chi connectivity index (χ4v) is 2.75. The van der Waals surface area contributed by atoms with Gasteiger partial charge in [-0.3, -0.25) is 4.31 Å². The Morgan fingerprint density at radius 2 is 2.06 bits per heavy atom. The second kappa shape index (κ2) is 5.45. The largest absolute Gasteiger partial charge is 0.362 e. The first kappa shape index (κ1) is 13.6. The predicted octanol–water partition coefficient (Wildman–Crippen LogP) is 3.07. The average molecular weight is 269 g/mol. The maximum atomic E-state index is 13.7. The highest BCUT2D eigenvalue weighted by Crippen LogP contribution is 2.29. The van der Waals surface area contributed by atoms with E-state index in [1.54, 1.807) is 18.0 Å². The molecule has 1 aliphatic heterocycles. The van der Waals surface area contributed by atoms with E-state index in [1.807, 2.05) is 6.92 Å². The number of nitrogens with zero attached hydrogens (tertiary/aromatic N) is 2. The molecule has 0 atom stereocenters. The molecule has 5 heteroatoms. The summed E-state index contributed by atoms with van der Waals surface area (Å²) in [6.45, 7) is 6.08. The lowest BCUT2D eigenvalue weighted by molar-refractivity contribution is 0.285. The standard InChI is InChI=1S/C13H20FN3S/c1-10-4-5-11(14)12(15-10)16-13(2)6-8-17(18-3)9-7-13/h4-5H,6-9H2,1-3H3,(H,15,16). The third-order valence-electron chi connectivity index (χ3n) is 3.49. The first-order valence-electron chi connectivity index (χ1n) is 6.23. The van der Waals surface area contributed by atoms with Gasteiger partial charge in [0.25, 0.3) is 0 Å². The van der Waals surface area contributed by atoms with Gasteiger partial charge in [0.2, 0.25) is 0 Å². The lowest BCUT2D eigenvalue weighted by Gasteiger charge is -2.39. The Bertz CT molecular complexity index is 417. The van der Waals surface area contributed by atoms with Gasteiger partial charge in [0.15, 0.2) is 11.6 Å². The van der Waals surface area contributed by atoms with Crippen molar-refractivity contribution in [3.63, 3.8) is 0 Å². The third kappa shape index (κ3) is 3.14. The van der Waals surface area contributed by atoms with Crippen molar-refractivity contribution in [2.24, 2.45) is 0 Å². The molecule has 100 valence electrons. The Morgan fingerprint density at radius 3 is 2.67 bits per heavy atom.